The average Bonchev–Trinajstić information content (AvgIpc) is 3.18. The monoisotopic (exact) mass is 444 g/mol. The molecule has 3 aromatic rings. The van der Waals surface area contributed by atoms with E-state index in [0.717, 1.165) is 16.9 Å². The van der Waals surface area contributed by atoms with Gasteiger partial charge in [-0.3, -0.25) is 10.1 Å². The summed E-state index contributed by atoms with van der Waals surface area (Å²) in [7, 11) is -3.85. The van der Waals surface area contributed by atoms with Gasteiger partial charge >= 0.3 is 0 Å². The molecule has 2 N–H and O–H groups in total. The molecule has 0 saturated carbocycles. The lowest BCUT2D eigenvalue weighted by Crippen LogP contribution is -2.37. The highest BCUT2D eigenvalue weighted by Gasteiger charge is 2.28. The van der Waals surface area contributed by atoms with Crippen LogP contribution >= 0.6 is 11.3 Å². The first kappa shape index (κ1) is 22.1. The first-order valence-corrected chi connectivity index (χ1v) is 11.8. The zero-order valence-electron chi connectivity index (χ0n) is 17.0. The molecule has 158 valence electrons. The lowest BCUT2D eigenvalue weighted by atomic mass is 9.79. The number of nitrogens with one attached hydrogen (secondary N) is 2. The van der Waals surface area contributed by atoms with Gasteiger partial charge in [0.2, 0.25) is 9.47 Å². The van der Waals surface area contributed by atoms with E-state index in [1.807, 2.05) is 37.3 Å². The SMILES string of the molecule is C[C@@H](CC(C)(C)c1ccccc1)NS(=O)(=O)c1nnc(NC(=O)c2ccccc2)s1. The third-order valence-electron chi connectivity index (χ3n) is 4.62. The molecule has 1 aromatic heterocycles. The van der Waals surface area contributed by atoms with E-state index in [4.69, 9.17) is 0 Å². The molecule has 0 bridgehead atoms. The van der Waals surface area contributed by atoms with Crippen LogP contribution in [0.4, 0.5) is 5.13 Å². The summed E-state index contributed by atoms with van der Waals surface area (Å²) >= 11 is 0.815. The van der Waals surface area contributed by atoms with Crippen LogP contribution < -0.4 is 10.0 Å². The maximum Gasteiger partial charge on any atom is 0.270 e. The summed E-state index contributed by atoms with van der Waals surface area (Å²) in [6, 6.07) is 18.3. The first-order chi connectivity index (χ1) is 14.2. The van der Waals surface area contributed by atoms with Crippen LogP contribution in [-0.2, 0) is 15.4 Å². The molecule has 0 aliphatic rings. The molecule has 0 spiro atoms. The van der Waals surface area contributed by atoms with Gasteiger partial charge in [0, 0.05) is 11.6 Å². The summed E-state index contributed by atoms with van der Waals surface area (Å²) in [6.45, 7) is 5.98. The topological polar surface area (TPSA) is 101 Å². The summed E-state index contributed by atoms with van der Waals surface area (Å²) < 4.78 is 27.9. The Morgan fingerprint density at radius 1 is 1.03 bits per heavy atom. The van der Waals surface area contributed by atoms with Crippen LogP contribution in [0.5, 0.6) is 0 Å². The molecule has 0 aliphatic carbocycles. The summed E-state index contributed by atoms with van der Waals surface area (Å²) in [4.78, 5) is 12.2. The van der Waals surface area contributed by atoms with Crippen molar-refractivity contribution >= 4 is 32.4 Å². The Hall–Kier alpha value is -2.62. The second kappa shape index (κ2) is 9.03. The normalized spacial score (nSPS) is 13.0. The second-order valence-electron chi connectivity index (χ2n) is 7.67. The Labute approximate surface area is 180 Å². The van der Waals surface area contributed by atoms with Gasteiger partial charge < -0.3 is 0 Å². The number of hydrogen-bond acceptors (Lipinski definition) is 6. The van der Waals surface area contributed by atoms with Crippen molar-refractivity contribution in [2.75, 3.05) is 5.32 Å². The minimum atomic E-state index is -3.85. The molecule has 9 heteroatoms. The predicted molar refractivity (Wildman–Crippen MR) is 118 cm³/mol. The Balaban J connectivity index is 1.65. The van der Waals surface area contributed by atoms with Gasteiger partial charge in [0.25, 0.3) is 15.9 Å². The Morgan fingerprint density at radius 3 is 2.27 bits per heavy atom. The molecule has 3 rings (SSSR count). The Bertz CT molecular complexity index is 1100. The fourth-order valence-electron chi connectivity index (χ4n) is 3.26. The summed E-state index contributed by atoms with van der Waals surface area (Å²) in [5.41, 5.74) is 1.38. The fraction of sp³-hybridized carbons (Fsp3) is 0.286. The van der Waals surface area contributed by atoms with Gasteiger partial charge in [0.1, 0.15) is 0 Å². The summed E-state index contributed by atoms with van der Waals surface area (Å²) in [5.74, 6) is -0.373. The predicted octanol–water partition coefficient (Wildman–Crippen LogP) is 3.83. The van der Waals surface area contributed by atoms with Gasteiger partial charge in [-0.05, 0) is 36.5 Å². The van der Waals surface area contributed by atoms with E-state index in [1.165, 1.54) is 0 Å². The largest absolute Gasteiger partial charge is 0.296 e. The number of hydrogen-bond donors (Lipinski definition) is 2. The zero-order chi connectivity index (χ0) is 21.8. The van der Waals surface area contributed by atoms with Gasteiger partial charge in [-0.2, -0.15) is 0 Å². The highest BCUT2D eigenvalue weighted by Crippen LogP contribution is 2.29. The number of carbonyl (C=O) groups is 1. The number of carbonyl (C=O) groups excluding carboxylic acids is 1. The summed E-state index contributed by atoms with van der Waals surface area (Å²) in [5, 5.41) is 10.2. The molecule has 0 saturated heterocycles. The number of nitrogens with zero attached hydrogens (tertiary/aromatic N) is 2. The number of sulfonamides is 1. The molecule has 0 radical (unpaired) electrons. The van der Waals surface area contributed by atoms with Crippen molar-refractivity contribution < 1.29 is 13.2 Å². The van der Waals surface area contributed by atoms with Crippen molar-refractivity contribution in [3.8, 4) is 0 Å². The van der Waals surface area contributed by atoms with Crippen LogP contribution in [0.25, 0.3) is 0 Å². The molecular weight excluding hydrogens is 420 g/mol. The van der Waals surface area contributed by atoms with Gasteiger partial charge in [-0.1, -0.05) is 73.7 Å². The Morgan fingerprint density at radius 2 is 1.63 bits per heavy atom. The number of rotatable bonds is 8. The second-order valence-corrected chi connectivity index (χ2v) is 10.5. The standard InChI is InChI=1S/C21H24N4O3S2/c1-15(14-21(2,3)17-12-8-5-9-13-17)25-30(27,28)20-24-23-19(29-20)22-18(26)16-10-6-4-7-11-16/h4-13,15,25H,14H2,1-3H3,(H,22,23,26)/t15-/m0/s1. The third kappa shape index (κ3) is 5.50. The minimum Gasteiger partial charge on any atom is -0.296 e. The maximum atomic E-state index is 12.7. The van der Waals surface area contributed by atoms with Crippen molar-refractivity contribution in [2.24, 2.45) is 0 Å². The van der Waals surface area contributed by atoms with Gasteiger partial charge in [-0.25, -0.2) is 13.1 Å². The Kier molecular flexibility index (Phi) is 6.64. The maximum absolute atomic E-state index is 12.7. The fourth-order valence-corrected chi connectivity index (χ4v) is 5.41. The van der Waals surface area contributed by atoms with Gasteiger partial charge in [0.05, 0.1) is 0 Å². The molecule has 1 amide bonds. The van der Waals surface area contributed by atoms with Crippen LogP contribution in [0, 0.1) is 0 Å². The molecule has 7 nitrogen and oxygen atoms in total. The van der Waals surface area contributed by atoms with E-state index in [-0.39, 0.29) is 26.8 Å². The molecule has 1 heterocycles. The number of anilines is 1. The lowest BCUT2D eigenvalue weighted by molar-refractivity contribution is 0.102. The summed E-state index contributed by atoms with van der Waals surface area (Å²) in [6.07, 6.45) is 0.604. The minimum absolute atomic E-state index is 0.126. The smallest absolute Gasteiger partial charge is 0.270 e. The van der Waals surface area contributed by atoms with Crippen LogP contribution in [-0.4, -0.2) is 30.6 Å². The van der Waals surface area contributed by atoms with Crippen molar-refractivity contribution in [3.63, 3.8) is 0 Å². The number of amides is 1. The molecule has 2 aromatic carbocycles. The lowest BCUT2D eigenvalue weighted by Gasteiger charge is -2.28. The third-order valence-corrected chi connectivity index (χ3v) is 7.42. The molecule has 30 heavy (non-hydrogen) atoms. The van der Waals surface area contributed by atoms with Crippen LogP contribution in [0.2, 0.25) is 0 Å². The van der Waals surface area contributed by atoms with E-state index in [0.29, 0.717) is 12.0 Å². The van der Waals surface area contributed by atoms with E-state index >= 15 is 0 Å². The molecule has 0 fully saturated rings. The molecule has 0 unspecified atom stereocenters. The van der Waals surface area contributed by atoms with Crippen LogP contribution in [0.3, 0.4) is 0 Å². The molecule has 0 aliphatic heterocycles. The van der Waals surface area contributed by atoms with Crippen molar-refractivity contribution in [1.29, 1.82) is 0 Å². The van der Waals surface area contributed by atoms with Crippen molar-refractivity contribution in [1.82, 2.24) is 14.9 Å². The van der Waals surface area contributed by atoms with Crippen molar-refractivity contribution in [2.45, 2.75) is 43.0 Å². The van der Waals surface area contributed by atoms with E-state index in [1.54, 1.807) is 30.3 Å². The first-order valence-electron chi connectivity index (χ1n) is 9.45. The highest BCUT2D eigenvalue weighted by molar-refractivity contribution is 7.91. The van der Waals surface area contributed by atoms with E-state index < -0.39 is 10.0 Å². The quantitative estimate of drug-likeness (QED) is 0.514. The average molecular weight is 445 g/mol. The molecular formula is C21H24N4O3S2. The van der Waals surface area contributed by atoms with E-state index in [9.17, 15) is 13.2 Å². The number of aromatic nitrogens is 2. The van der Waals surface area contributed by atoms with Gasteiger partial charge in [-0.15, -0.1) is 10.2 Å². The molecule has 1 atom stereocenters. The van der Waals surface area contributed by atoms with Crippen molar-refractivity contribution in [3.05, 3.63) is 71.8 Å². The number of benzene rings is 2. The van der Waals surface area contributed by atoms with Crippen LogP contribution in [0.1, 0.15) is 43.1 Å². The highest BCUT2D eigenvalue weighted by atomic mass is 32.2. The van der Waals surface area contributed by atoms with E-state index in [2.05, 4.69) is 34.1 Å². The zero-order valence-corrected chi connectivity index (χ0v) is 18.6. The van der Waals surface area contributed by atoms with Crippen LogP contribution in [0.15, 0.2) is 65.0 Å². The van der Waals surface area contributed by atoms with Gasteiger partial charge in [0.15, 0.2) is 0 Å².